The quantitative estimate of drug-likeness (QED) is 0.847. The van der Waals surface area contributed by atoms with Crippen molar-refractivity contribution in [1.29, 1.82) is 0 Å². The first-order valence-corrected chi connectivity index (χ1v) is 6.39. The number of para-hydroxylation sites is 1. The lowest BCUT2D eigenvalue weighted by Crippen LogP contribution is -2.15. The van der Waals surface area contributed by atoms with Gasteiger partial charge in [0.2, 0.25) is 5.91 Å². The zero-order valence-electron chi connectivity index (χ0n) is 9.99. The van der Waals surface area contributed by atoms with Gasteiger partial charge in [-0.25, -0.2) is 0 Å². The standard InChI is InChI=1S/C14H12Cl2N2O/c15-10-6-11(16)8-12(7-10)18-14(19)5-9-3-1-2-4-13(9)17/h1-4,6-8H,5,17H2,(H,18,19). The normalized spacial score (nSPS) is 10.2. The lowest BCUT2D eigenvalue weighted by Gasteiger charge is -2.08. The number of amides is 1. The first-order chi connectivity index (χ1) is 9.04. The van der Waals surface area contributed by atoms with Crippen LogP contribution >= 0.6 is 23.2 Å². The van der Waals surface area contributed by atoms with Crippen LogP contribution in [0.2, 0.25) is 10.0 Å². The number of carbonyl (C=O) groups is 1. The second kappa shape index (κ2) is 5.95. The highest BCUT2D eigenvalue weighted by molar-refractivity contribution is 6.35. The van der Waals surface area contributed by atoms with Crippen LogP contribution in [0.3, 0.4) is 0 Å². The first-order valence-electron chi connectivity index (χ1n) is 5.64. The van der Waals surface area contributed by atoms with E-state index in [9.17, 15) is 4.79 Å². The number of benzene rings is 2. The van der Waals surface area contributed by atoms with E-state index >= 15 is 0 Å². The third kappa shape index (κ3) is 3.88. The van der Waals surface area contributed by atoms with E-state index in [2.05, 4.69) is 5.32 Å². The Hall–Kier alpha value is -1.71. The minimum Gasteiger partial charge on any atom is -0.398 e. The Morgan fingerprint density at radius 3 is 2.37 bits per heavy atom. The lowest BCUT2D eigenvalue weighted by atomic mass is 10.1. The number of halogens is 2. The molecular weight excluding hydrogens is 283 g/mol. The van der Waals surface area contributed by atoms with E-state index in [0.29, 0.717) is 21.4 Å². The number of hydrogen-bond acceptors (Lipinski definition) is 2. The number of nitrogens with two attached hydrogens (primary N) is 1. The summed E-state index contributed by atoms with van der Waals surface area (Å²) in [5.41, 5.74) is 7.74. The summed E-state index contributed by atoms with van der Waals surface area (Å²) in [5.74, 6) is -0.170. The molecule has 0 aliphatic rings. The Balaban J connectivity index is 2.07. The number of hydrogen-bond donors (Lipinski definition) is 2. The van der Waals surface area contributed by atoms with Crippen molar-refractivity contribution in [3.63, 3.8) is 0 Å². The van der Waals surface area contributed by atoms with Crippen molar-refractivity contribution >= 4 is 40.5 Å². The summed E-state index contributed by atoms with van der Waals surface area (Å²) < 4.78 is 0. The minimum absolute atomic E-state index is 0.170. The van der Waals surface area contributed by atoms with Crippen molar-refractivity contribution in [2.75, 3.05) is 11.1 Å². The van der Waals surface area contributed by atoms with Gasteiger partial charge >= 0.3 is 0 Å². The molecule has 0 radical (unpaired) electrons. The fourth-order valence-electron chi connectivity index (χ4n) is 1.70. The molecule has 0 unspecified atom stereocenters. The van der Waals surface area contributed by atoms with Crippen LogP contribution in [0.4, 0.5) is 11.4 Å². The second-order valence-corrected chi connectivity index (χ2v) is 4.95. The summed E-state index contributed by atoms with van der Waals surface area (Å²) in [6.45, 7) is 0. The zero-order chi connectivity index (χ0) is 13.8. The predicted octanol–water partition coefficient (Wildman–Crippen LogP) is 3.76. The van der Waals surface area contributed by atoms with Crippen LogP contribution in [-0.4, -0.2) is 5.91 Å². The van der Waals surface area contributed by atoms with Crippen molar-refractivity contribution in [3.8, 4) is 0 Å². The Labute approximate surface area is 121 Å². The largest absolute Gasteiger partial charge is 0.398 e. The van der Waals surface area contributed by atoms with Gasteiger partial charge in [0.15, 0.2) is 0 Å². The maximum atomic E-state index is 11.9. The minimum atomic E-state index is -0.170. The molecule has 0 atom stereocenters. The predicted molar refractivity (Wildman–Crippen MR) is 79.7 cm³/mol. The van der Waals surface area contributed by atoms with Crippen molar-refractivity contribution < 1.29 is 4.79 Å². The van der Waals surface area contributed by atoms with Crippen molar-refractivity contribution in [2.24, 2.45) is 0 Å². The summed E-state index contributed by atoms with van der Waals surface area (Å²) in [6, 6.07) is 12.1. The van der Waals surface area contributed by atoms with Gasteiger partial charge in [-0.15, -0.1) is 0 Å². The molecule has 0 aliphatic heterocycles. The van der Waals surface area contributed by atoms with Crippen LogP contribution in [0.25, 0.3) is 0 Å². The number of nitrogen functional groups attached to an aromatic ring is 1. The molecule has 0 heterocycles. The van der Waals surface area contributed by atoms with Crippen molar-refractivity contribution in [3.05, 3.63) is 58.1 Å². The van der Waals surface area contributed by atoms with Crippen molar-refractivity contribution in [2.45, 2.75) is 6.42 Å². The van der Waals surface area contributed by atoms with Gasteiger partial charge in [-0.05, 0) is 29.8 Å². The molecule has 2 aromatic carbocycles. The van der Waals surface area contributed by atoms with E-state index in [1.54, 1.807) is 24.3 Å². The third-order valence-electron chi connectivity index (χ3n) is 2.55. The Bertz CT molecular complexity index is 594. The smallest absolute Gasteiger partial charge is 0.228 e. The van der Waals surface area contributed by atoms with E-state index in [-0.39, 0.29) is 12.3 Å². The van der Waals surface area contributed by atoms with E-state index in [1.165, 1.54) is 0 Å². The van der Waals surface area contributed by atoms with Gasteiger partial charge in [-0.1, -0.05) is 41.4 Å². The topological polar surface area (TPSA) is 55.1 Å². The summed E-state index contributed by atoms with van der Waals surface area (Å²) in [4.78, 5) is 11.9. The third-order valence-corrected chi connectivity index (χ3v) is 2.99. The fourth-order valence-corrected chi connectivity index (χ4v) is 2.23. The van der Waals surface area contributed by atoms with Gasteiger partial charge < -0.3 is 11.1 Å². The van der Waals surface area contributed by atoms with Crippen LogP contribution in [-0.2, 0) is 11.2 Å². The maximum absolute atomic E-state index is 11.9. The number of carbonyl (C=O) groups excluding carboxylic acids is 1. The molecule has 1 amide bonds. The zero-order valence-corrected chi connectivity index (χ0v) is 11.5. The molecule has 0 spiro atoms. The highest BCUT2D eigenvalue weighted by Crippen LogP contribution is 2.22. The fraction of sp³-hybridized carbons (Fsp3) is 0.0714. The Kier molecular flexibility index (Phi) is 4.30. The van der Waals surface area contributed by atoms with E-state index < -0.39 is 0 Å². The van der Waals surface area contributed by atoms with Crippen LogP contribution in [0.1, 0.15) is 5.56 Å². The Morgan fingerprint density at radius 1 is 1.11 bits per heavy atom. The van der Waals surface area contributed by atoms with E-state index in [4.69, 9.17) is 28.9 Å². The van der Waals surface area contributed by atoms with Crippen molar-refractivity contribution in [1.82, 2.24) is 0 Å². The number of anilines is 2. The van der Waals surface area contributed by atoms with Crippen LogP contribution in [0, 0.1) is 0 Å². The molecule has 0 bridgehead atoms. The van der Waals surface area contributed by atoms with Gasteiger partial charge in [0.25, 0.3) is 0 Å². The van der Waals surface area contributed by atoms with Gasteiger partial charge in [-0.3, -0.25) is 4.79 Å². The van der Waals surface area contributed by atoms with E-state index in [0.717, 1.165) is 5.56 Å². The Morgan fingerprint density at radius 2 is 1.74 bits per heavy atom. The number of rotatable bonds is 3. The molecular formula is C14H12Cl2N2O. The molecule has 5 heteroatoms. The maximum Gasteiger partial charge on any atom is 0.228 e. The molecule has 0 aromatic heterocycles. The molecule has 3 nitrogen and oxygen atoms in total. The van der Waals surface area contributed by atoms with Crippen LogP contribution < -0.4 is 11.1 Å². The molecule has 19 heavy (non-hydrogen) atoms. The molecule has 0 aliphatic carbocycles. The van der Waals surface area contributed by atoms with Gasteiger partial charge in [0, 0.05) is 21.4 Å². The average Bonchev–Trinajstić information content (AvgIpc) is 2.30. The first kappa shape index (κ1) is 13.7. The van der Waals surface area contributed by atoms with E-state index in [1.807, 2.05) is 18.2 Å². The molecule has 0 saturated heterocycles. The number of nitrogens with one attached hydrogen (secondary N) is 1. The van der Waals surface area contributed by atoms with Gasteiger partial charge in [-0.2, -0.15) is 0 Å². The molecule has 0 saturated carbocycles. The van der Waals surface area contributed by atoms with Crippen LogP contribution in [0.5, 0.6) is 0 Å². The molecule has 2 rings (SSSR count). The summed E-state index contributed by atoms with van der Waals surface area (Å²) in [5, 5.41) is 3.68. The molecule has 2 aromatic rings. The highest BCUT2D eigenvalue weighted by Gasteiger charge is 2.07. The SMILES string of the molecule is Nc1ccccc1CC(=O)Nc1cc(Cl)cc(Cl)c1. The highest BCUT2D eigenvalue weighted by atomic mass is 35.5. The second-order valence-electron chi connectivity index (χ2n) is 4.08. The van der Waals surface area contributed by atoms with Gasteiger partial charge in [0.1, 0.15) is 0 Å². The monoisotopic (exact) mass is 294 g/mol. The lowest BCUT2D eigenvalue weighted by molar-refractivity contribution is -0.115. The molecule has 0 fully saturated rings. The average molecular weight is 295 g/mol. The summed E-state index contributed by atoms with van der Waals surface area (Å²) >= 11 is 11.7. The van der Waals surface area contributed by atoms with Gasteiger partial charge in [0.05, 0.1) is 6.42 Å². The molecule has 3 N–H and O–H groups in total. The van der Waals surface area contributed by atoms with Crippen LogP contribution in [0.15, 0.2) is 42.5 Å². The summed E-state index contributed by atoms with van der Waals surface area (Å²) in [6.07, 6.45) is 0.205. The summed E-state index contributed by atoms with van der Waals surface area (Å²) in [7, 11) is 0. The molecule has 98 valence electrons.